The standard InChI is InChI=1S/C22H19N3O2S/c1-2-19-12-20-21(28-19)23-15-25(22(20)26)24-13-16-8-10-18(11-9-16)27-14-17-6-4-3-5-7-17/h3-13,15H,2,14H2,1H3/b24-13-. The number of hydrogen-bond donors (Lipinski definition) is 0. The molecule has 4 aromatic rings. The number of fused-ring (bicyclic) bond motifs is 1. The molecule has 6 heteroatoms. The van der Waals surface area contributed by atoms with E-state index in [1.54, 1.807) is 17.6 Å². The predicted molar refractivity (Wildman–Crippen MR) is 113 cm³/mol. The minimum absolute atomic E-state index is 0.153. The molecule has 2 aromatic heterocycles. The van der Waals surface area contributed by atoms with E-state index in [-0.39, 0.29) is 5.56 Å². The van der Waals surface area contributed by atoms with Gasteiger partial charge in [0.05, 0.1) is 11.6 Å². The smallest absolute Gasteiger partial charge is 0.282 e. The second-order valence-corrected chi connectivity index (χ2v) is 7.38. The third kappa shape index (κ3) is 4.02. The van der Waals surface area contributed by atoms with Crippen LogP contribution in [0.2, 0.25) is 0 Å². The molecule has 0 fully saturated rings. The number of benzene rings is 2. The highest BCUT2D eigenvalue weighted by atomic mass is 32.1. The summed E-state index contributed by atoms with van der Waals surface area (Å²) in [6.07, 6.45) is 4.00. The molecule has 0 aliphatic carbocycles. The Bertz CT molecular complexity index is 1160. The summed E-state index contributed by atoms with van der Waals surface area (Å²) < 4.78 is 7.05. The molecular formula is C22H19N3O2S. The average molecular weight is 389 g/mol. The Labute approximate surface area is 166 Å². The zero-order valence-electron chi connectivity index (χ0n) is 15.4. The highest BCUT2D eigenvalue weighted by molar-refractivity contribution is 7.18. The van der Waals surface area contributed by atoms with Gasteiger partial charge < -0.3 is 4.74 Å². The van der Waals surface area contributed by atoms with Gasteiger partial charge in [0.25, 0.3) is 5.56 Å². The zero-order chi connectivity index (χ0) is 19.3. The summed E-state index contributed by atoms with van der Waals surface area (Å²) in [7, 11) is 0. The molecule has 0 spiro atoms. The minimum Gasteiger partial charge on any atom is -0.489 e. The Morgan fingerprint density at radius 1 is 1.14 bits per heavy atom. The van der Waals surface area contributed by atoms with Crippen molar-refractivity contribution in [1.29, 1.82) is 0 Å². The van der Waals surface area contributed by atoms with Gasteiger partial charge in [0.2, 0.25) is 0 Å². The normalized spacial score (nSPS) is 11.3. The monoisotopic (exact) mass is 389 g/mol. The molecule has 0 N–H and O–H groups in total. The fourth-order valence-electron chi connectivity index (χ4n) is 2.74. The number of aryl methyl sites for hydroxylation is 1. The minimum atomic E-state index is -0.153. The molecule has 0 radical (unpaired) electrons. The maximum atomic E-state index is 12.5. The summed E-state index contributed by atoms with van der Waals surface area (Å²) in [5, 5.41) is 4.88. The Kier molecular flexibility index (Phi) is 5.30. The van der Waals surface area contributed by atoms with E-state index in [9.17, 15) is 4.79 Å². The van der Waals surface area contributed by atoms with E-state index >= 15 is 0 Å². The Morgan fingerprint density at radius 3 is 2.68 bits per heavy atom. The lowest BCUT2D eigenvalue weighted by Crippen LogP contribution is -2.16. The maximum absolute atomic E-state index is 12.5. The molecule has 0 amide bonds. The molecule has 0 saturated carbocycles. The van der Waals surface area contributed by atoms with Crippen molar-refractivity contribution in [3.8, 4) is 5.75 Å². The van der Waals surface area contributed by atoms with Crippen molar-refractivity contribution in [2.75, 3.05) is 0 Å². The van der Waals surface area contributed by atoms with Crippen molar-refractivity contribution in [2.24, 2.45) is 5.10 Å². The Hall–Kier alpha value is -3.25. The van der Waals surface area contributed by atoms with E-state index in [2.05, 4.69) is 17.0 Å². The maximum Gasteiger partial charge on any atom is 0.282 e. The zero-order valence-corrected chi connectivity index (χ0v) is 16.2. The number of thiophene rings is 1. The molecule has 5 nitrogen and oxygen atoms in total. The van der Waals surface area contributed by atoms with Gasteiger partial charge >= 0.3 is 0 Å². The number of ether oxygens (including phenoxy) is 1. The highest BCUT2D eigenvalue weighted by Crippen LogP contribution is 2.21. The second kappa shape index (κ2) is 8.19. The third-order valence-corrected chi connectivity index (χ3v) is 5.48. The van der Waals surface area contributed by atoms with E-state index in [4.69, 9.17) is 4.74 Å². The van der Waals surface area contributed by atoms with Gasteiger partial charge in [-0.05, 0) is 47.9 Å². The topological polar surface area (TPSA) is 56.5 Å². The molecule has 2 aromatic carbocycles. The molecule has 28 heavy (non-hydrogen) atoms. The van der Waals surface area contributed by atoms with Gasteiger partial charge in [-0.3, -0.25) is 4.79 Å². The Balaban J connectivity index is 1.46. The first-order chi connectivity index (χ1) is 13.7. The number of aromatic nitrogens is 2. The van der Waals surface area contributed by atoms with Crippen LogP contribution in [-0.2, 0) is 13.0 Å². The van der Waals surface area contributed by atoms with Gasteiger partial charge in [-0.1, -0.05) is 37.3 Å². The van der Waals surface area contributed by atoms with Crippen LogP contribution in [0.25, 0.3) is 10.2 Å². The molecular weight excluding hydrogens is 370 g/mol. The van der Waals surface area contributed by atoms with Crippen LogP contribution in [0.5, 0.6) is 5.75 Å². The van der Waals surface area contributed by atoms with Crippen molar-refractivity contribution in [3.05, 3.63) is 93.3 Å². The first-order valence-corrected chi connectivity index (χ1v) is 9.86. The van der Waals surface area contributed by atoms with E-state index in [1.165, 1.54) is 11.0 Å². The summed E-state index contributed by atoms with van der Waals surface area (Å²) in [6.45, 7) is 2.59. The largest absolute Gasteiger partial charge is 0.489 e. The van der Waals surface area contributed by atoms with E-state index < -0.39 is 0 Å². The third-order valence-electron chi connectivity index (χ3n) is 4.29. The van der Waals surface area contributed by atoms with E-state index in [0.717, 1.165) is 33.0 Å². The van der Waals surface area contributed by atoms with Crippen LogP contribution in [0.1, 0.15) is 22.9 Å². The summed E-state index contributed by atoms with van der Waals surface area (Å²) in [5.41, 5.74) is 1.84. The molecule has 0 atom stereocenters. The number of rotatable bonds is 6. The van der Waals surface area contributed by atoms with E-state index in [0.29, 0.717) is 12.0 Å². The predicted octanol–water partition coefficient (Wildman–Crippen LogP) is 4.48. The SMILES string of the molecule is CCc1cc2c(=O)n(/N=C\c3ccc(OCc4ccccc4)cc3)cnc2s1. The molecule has 0 unspecified atom stereocenters. The summed E-state index contributed by atoms with van der Waals surface area (Å²) in [5.74, 6) is 0.784. The van der Waals surface area contributed by atoms with Crippen molar-refractivity contribution < 1.29 is 4.74 Å². The highest BCUT2D eigenvalue weighted by Gasteiger charge is 2.07. The van der Waals surface area contributed by atoms with Gasteiger partial charge in [-0.2, -0.15) is 9.78 Å². The van der Waals surface area contributed by atoms with Crippen molar-refractivity contribution >= 4 is 27.8 Å². The summed E-state index contributed by atoms with van der Waals surface area (Å²) in [4.78, 5) is 18.8. The molecule has 0 aliphatic heterocycles. The van der Waals surface area contributed by atoms with Crippen molar-refractivity contribution in [1.82, 2.24) is 9.66 Å². The molecule has 4 rings (SSSR count). The van der Waals surface area contributed by atoms with Crippen LogP contribution < -0.4 is 10.3 Å². The van der Waals surface area contributed by atoms with Crippen LogP contribution in [0.15, 0.2) is 76.9 Å². The summed E-state index contributed by atoms with van der Waals surface area (Å²) >= 11 is 1.55. The van der Waals surface area contributed by atoms with Crippen LogP contribution in [0.3, 0.4) is 0 Å². The molecule has 0 aliphatic rings. The van der Waals surface area contributed by atoms with Crippen molar-refractivity contribution in [2.45, 2.75) is 20.0 Å². The quantitative estimate of drug-likeness (QED) is 0.457. The van der Waals surface area contributed by atoms with Gasteiger partial charge in [-0.25, -0.2) is 4.98 Å². The summed E-state index contributed by atoms with van der Waals surface area (Å²) in [6, 6.07) is 19.5. The van der Waals surface area contributed by atoms with Gasteiger partial charge in [0, 0.05) is 4.88 Å². The first-order valence-electron chi connectivity index (χ1n) is 9.04. The number of hydrogen-bond acceptors (Lipinski definition) is 5. The van der Waals surface area contributed by atoms with Crippen LogP contribution in [-0.4, -0.2) is 15.9 Å². The van der Waals surface area contributed by atoms with Gasteiger partial charge in [0.1, 0.15) is 23.5 Å². The lowest BCUT2D eigenvalue weighted by atomic mass is 10.2. The fourth-order valence-corrected chi connectivity index (χ4v) is 3.67. The average Bonchev–Trinajstić information content (AvgIpc) is 3.18. The number of nitrogens with zero attached hydrogens (tertiary/aromatic N) is 3. The van der Waals surface area contributed by atoms with Crippen LogP contribution in [0.4, 0.5) is 0 Å². The van der Waals surface area contributed by atoms with Crippen LogP contribution >= 0.6 is 11.3 Å². The molecule has 0 saturated heterocycles. The van der Waals surface area contributed by atoms with E-state index in [1.807, 2.05) is 60.7 Å². The van der Waals surface area contributed by atoms with Crippen LogP contribution in [0, 0.1) is 0 Å². The second-order valence-electron chi connectivity index (χ2n) is 6.27. The Morgan fingerprint density at radius 2 is 1.93 bits per heavy atom. The first kappa shape index (κ1) is 18.1. The lowest BCUT2D eigenvalue weighted by molar-refractivity contribution is 0.306. The van der Waals surface area contributed by atoms with Gasteiger partial charge in [0.15, 0.2) is 0 Å². The molecule has 2 heterocycles. The fraction of sp³-hybridized carbons (Fsp3) is 0.136. The molecule has 140 valence electrons. The van der Waals surface area contributed by atoms with Crippen molar-refractivity contribution in [3.63, 3.8) is 0 Å². The van der Waals surface area contributed by atoms with Gasteiger partial charge in [-0.15, -0.1) is 11.3 Å². The molecule has 0 bridgehead atoms. The lowest BCUT2D eigenvalue weighted by Gasteiger charge is -2.06.